The van der Waals surface area contributed by atoms with E-state index >= 15 is 0 Å². The lowest BCUT2D eigenvalue weighted by atomic mass is 9.78. The van der Waals surface area contributed by atoms with Crippen molar-refractivity contribution in [3.8, 4) is 0 Å². The van der Waals surface area contributed by atoms with Crippen LogP contribution in [0.5, 0.6) is 0 Å². The molecule has 2 rings (SSSR count). The van der Waals surface area contributed by atoms with Crippen molar-refractivity contribution in [1.82, 2.24) is 5.32 Å². The average Bonchev–Trinajstić information content (AvgIpc) is 2.46. The molecule has 2 aliphatic rings. The summed E-state index contributed by atoms with van der Waals surface area (Å²) < 4.78 is 0. The van der Waals surface area contributed by atoms with Gasteiger partial charge in [-0.1, -0.05) is 52.9 Å². The van der Waals surface area contributed by atoms with E-state index in [-0.39, 0.29) is 0 Å². The van der Waals surface area contributed by atoms with Gasteiger partial charge in [-0.3, -0.25) is 0 Å². The predicted octanol–water partition coefficient (Wildman–Crippen LogP) is 5.01. The zero-order valence-corrected chi connectivity index (χ0v) is 13.5. The molecule has 0 saturated heterocycles. The van der Waals surface area contributed by atoms with E-state index in [2.05, 4.69) is 26.1 Å². The Morgan fingerprint density at radius 2 is 1.63 bits per heavy atom. The van der Waals surface area contributed by atoms with Crippen molar-refractivity contribution in [2.45, 2.75) is 84.6 Å². The summed E-state index contributed by atoms with van der Waals surface area (Å²) in [6.45, 7) is 8.46. The van der Waals surface area contributed by atoms with Crippen molar-refractivity contribution in [2.24, 2.45) is 23.7 Å². The third kappa shape index (κ3) is 4.77. The molecule has 0 heterocycles. The molecule has 1 N–H and O–H groups in total. The van der Waals surface area contributed by atoms with Gasteiger partial charge in [0.1, 0.15) is 0 Å². The first-order valence-electron chi connectivity index (χ1n) is 8.92. The summed E-state index contributed by atoms with van der Waals surface area (Å²) in [6.07, 6.45) is 13.1. The molecule has 1 heteroatoms. The van der Waals surface area contributed by atoms with Crippen molar-refractivity contribution in [2.75, 3.05) is 6.54 Å². The Balaban J connectivity index is 1.65. The Bertz CT molecular complexity index is 240. The van der Waals surface area contributed by atoms with Gasteiger partial charge in [-0.05, 0) is 55.9 Å². The molecule has 2 unspecified atom stereocenters. The van der Waals surface area contributed by atoms with E-state index in [4.69, 9.17) is 0 Å². The van der Waals surface area contributed by atoms with Crippen LogP contribution in [0.3, 0.4) is 0 Å². The van der Waals surface area contributed by atoms with Gasteiger partial charge in [0.25, 0.3) is 0 Å². The third-order valence-corrected chi connectivity index (χ3v) is 5.90. The van der Waals surface area contributed by atoms with E-state index in [0.29, 0.717) is 0 Å². The van der Waals surface area contributed by atoms with Gasteiger partial charge in [-0.2, -0.15) is 0 Å². The number of rotatable bonds is 5. The minimum Gasteiger partial charge on any atom is -0.314 e. The Labute approximate surface area is 120 Å². The second-order valence-electron chi connectivity index (χ2n) is 7.57. The molecule has 2 fully saturated rings. The first-order chi connectivity index (χ1) is 9.19. The first-order valence-corrected chi connectivity index (χ1v) is 8.92. The van der Waals surface area contributed by atoms with E-state index in [1.54, 1.807) is 0 Å². The molecule has 19 heavy (non-hydrogen) atoms. The average molecular weight is 265 g/mol. The molecule has 112 valence electrons. The van der Waals surface area contributed by atoms with Gasteiger partial charge in [0.15, 0.2) is 0 Å². The van der Waals surface area contributed by atoms with Gasteiger partial charge in [0.05, 0.1) is 0 Å². The molecule has 0 radical (unpaired) electrons. The first kappa shape index (κ1) is 15.4. The fourth-order valence-corrected chi connectivity index (χ4v) is 4.20. The summed E-state index contributed by atoms with van der Waals surface area (Å²) >= 11 is 0. The van der Waals surface area contributed by atoms with Crippen LogP contribution in [0.15, 0.2) is 0 Å². The maximum atomic E-state index is 3.91. The highest BCUT2D eigenvalue weighted by Crippen LogP contribution is 2.32. The Morgan fingerprint density at radius 1 is 0.947 bits per heavy atom. The van der Waals surface area contributed by atoms with E-state index < -0.39 is 0 Å². The smallest absolute Gasteiger partial charge is 0.00699 e. The highest BCUT2D eigenvalue weighted by Gasteiger charge is 2.25. The van der Waals surface area contributed by atoms with Crippen LogP contribution < -0.4 is 5.32 Å². The monoisotopic (exact) mass is 265 g/mol. The molecular formula is C18H35N. The molecule has 2 aliphatic carbocycles. The zero-order chi connectivity index (χ0) is 13.7. The van der Waals surface area contributed by atoms with Crippen molar-refractivity contribution >= 4 is 0 Å². The summed E-state index contributed by atoms with van der Waals surface area (Å²) in [5.41, 5.74) is 0. The van der Waals surface area contributed by atoms with Crippen LogP contribution in [0.1, 0.15) is 78.6 Å². The predicted molar refractivity (Wildman–Crippen MR) is 84.3 cm³/mol. The van der Waals surface area contributed by atoms with Crippen LogP contribution >= 0.6 is 0 Å². The molecule has 0 aromatic rings. The number of hydrogen-bond acceptors (Lipinski definition) is 1. The minimum absolute atomic E-state index is 0.824. The largest absolute Gasteiger partial charge is 0.314 e. The maximum absolute atomic E-state index is 3.91. The highest BCUT2D eigenvalue weighted by atomic mass is 14.9. The molecule has 0 aromatic carbocycles. The Morgan fingerprint density at radius 3 is 2.26 bits per heavy atom. The van der Waals surface area contributed by atoms with E-state index in [9.17, 15) is 0 Å². The summed E-state index contributed by atoms with van der Waals surface area (Å²) in [5, 5.41) is 3.91. The molecule has 2 atom stereocenters. The van der Waals surface area contributed by atoms with Gasteiger partial charge in [0.2, 0.25) is 0 Å². The van der Waals surface area contributed by atoms with Gasteiger partial charge in [0, 0.05) is 6.04 Å². The van der Waals surface area contributed by atoms with E-state index in [1.165, 1.54) is 64.3 Å². The lowest BCUT2D eigenvalue weighted by Crippen LogP contribution is -2.38. The van der Waals surface area contributed by atoms with Crippen molar-refractivity contribution < 1.29 is 0 Å². The molecule has 0 aromatic heterocycles. The Kier molecular flexibility index (Phi) is 6.19. The highest BCUT2D eigenvalue weighted by molar-refractivity contribution is 4.81. The number of nitrogens with one attached hydrogen (secondary N) is 1. The maximum Gasteiger partial charge on any atom is 0.00699 e. The lowest BCUT2D eigenvalue weighted by molar-refractivity contribution is 0.209. The lowest BCUT2D eigenvalue weighted by Gasteiger charge is -2.34. The van der Waals surface area contributed by atoms with Gasteiger partial charge < -0.3 is 5.32 Å². The Hall–Kier alpha value is -0.0400. The van der Waals surface area contributed by atoms with E-state index in [0.717, 1.165) is 29.7 Å². The molecule has 2 saturated carbocycles. The summed E-state index contributed by atoms with van der Waals surface area (Å²) in [6, 6.07) is 0.824. The van der Waals surface area contributed by atoms with E-state index in [1.807, 2.05) is 0 Å². The van der Waals surface area contributed by atoms with Gasteiger partial charge in [-0.15, -0.1) is 0 Å². The minimum atomic E-state index is 0.824. The third-order valence-electron chi connectivity index (χ3n) is 5.90. The number of hydrogen-bond donors (Lipinski definition) is 1. The van der Waals surface area contributed by atoms with Crippen LogP contribution in [-0.4, -0.2) is 12.6 Å². The fourth-order valence-electron chi connectivity index (χ4n) is 4.20. The molecule has 0 amide bonds. The second-order valence-corrected chi connectivity index (χ2v) is 7.57. The van der Waals surface area contributed by atoms with Crippen LogP contribution in [-0.2, 0) is 0 Å². The standard InChI is InChI=1S/C18H35N/c1-4-15-8-10-16(11-9-15)13-19-18-7-5-6-17(12-18)14(2)3/h14-19H,4-13H2,1-3H3. The van der Waals surface area contributed by atoms with Crippen molar-refractivity contribution in [1.29, 1.82) is 0 Å². The van der Waals surface area contributed by atoms with Gasteiger partial charge in [-0.25, -0.2) is 0 Å². The molecule has 1 nitrogen and oxygen atoms in total. The molecular weight excluding hydrogens is 230 g/mol. The van der Waals surface area contributed by atoms with Crippen LogP contribution in [0.25, 0.3) is 0 Å². The summed E-state index contributed by atoms with van der Waals surface area (Å²) in [7, 11) is 0. The normalized spacial score (nSPS) is 36.6. The summed E-state index contributed by atoms with van der Waals surface area (Å²) in [5.74, 6) is 3.87. The van der Waals surface area contributed by atoms with Crippen LogP contribution in [0.2, 0.25) is 0 Å². The van der Waals surface area contributed by atoms with Crippen LogP contribution in [0.4, 0.5) is 0 Å². The fraction of sp³-hybridized carbons (Fsp3) is 1.00. The van der Waals surface area contributed by atoms with Crippen LogP contribution in [0, 0.1) is 23.7 Å². The molecule has 0 spiro atoms. The SMILES string of the molecule is CCC1CCC(CNC2CCCC(C(C)C)C2)CC1. The second kappa shape index (κ2) is 7.67. The molecule has 0 aliphatic heterocycles. The quantitative estimate of drug-likeness (QED) is 0.737. The molecule has 0 bridgehead atoms. The van der Waals surface area contributed by atoms with Gasteiger partial charge >= 0.3 is 0 Å². The summed E-state index contributed by atoms with van der Waals surface area (Å²) in [4.78, 5) is 0. The topological polar surface area (TPSA) is 12.0 Å². The van der Waals surface area contributed by atoms with Crippen molar-refractivity contribution in [3.05, 3.63) is 0 Å². The van der Waals surface area contributed by atoms with Crippen molar-refractivity contribution in [3.63, 3.8) is 0 Å². The zero-order valence-electron chi connectivity index (χ0n) is 13.5.